The average molecular weight is 2110 g/mol. The molecule has 760 valence electrons. The van der Waals surface area contributed by atoms with Crippen molar-refractivity contribution in [3.63, 3.8) is 0 Å². The number of hydrogen-bond acceptors (Lipinski definition) is 26. The molecule has 20 rings (SSSR count). The summed E-state index contributed by atoms with van der Waals surface area (Å²) in [5, 5.41) is 117. The molecule has 4 fully saturated rings. The maximum Gasteiger partial charge on any atom is 0.229 e. The van der Waals surface area contributed by atoms with Gasteiger partial charge in [-0.1, -0.05) is 217 Å². The number of nitrogens with zero attached hydrogens (tertiary/aromatic N) is 10. The molecule has 0 unspecified atom stereocenters. The Balaban J connectivity index is 0.000000145. The predicted octanol–water partition coefficient (Wildman–Crippen LogP) is 15.0. The number of aliphatic hydroxyl groups excluding tert-OH is 4. The standard InChI is InChI=1S/2C28H28FN3O4.C27H26BrFN2O5.C27H28BrFN2O4.2CH4/c2*1-32(13-12-29)17-21-24(19-6-4-3-5-7-19)28(20-10-8-18(14-30)9-11-20)27(34,26(21)33)25-22(35-2)15-31-16-23(25)36-28;1-31(13-12-29)25(33)21-22(16-6-4-3-5-7-16)27(17-8-10-18(28)11-9-17)26(34,24(21)32)23-19(35-2)14-30-15-20(23)36-27;1-31(13-12-29)16-20-23(17-6-4-3-5-7-17)27(18-8-10-19(28)11-9-18)26(33,25(20)32)24-21(34-2)14-30-15-22(24)35-27;;/h2*3-11,15-16,21,24,26,33-34H,12-13,17H2,1-2H3;3-11,14-15,21-22,24,32,34H,12-13H2,1-2H3;3-11,14-15,20,23,25,32-33H,12-13,16H2,1-2H3;2*1H4/t2*21-,24-,26-,27+,28+;21-,22-,24-,26+,27+;20-,23-,25-,26+,27+;;/m1111../s1. The van der Waals surface area contributed by atoms with Crippen LogP contribution in [0.1, 0.15) is 116 Å². The summed E-state index contributed by atoms with van der Waals surface area (Å²) in [5.41, 5.74) is -5.79. The first-order valence-electron chi connectivity index (χ1n) is 46.8. The Morgan fingerprint density at radius 1 is 0.359 bits per heavy atom. The highest BCUT2D eigenvalue weighted by atomic mass is 79.9. The van der Waals surface area contributed by atoms with E-state index in [1.54, 1.807) is 81.0 Å². The molecule has 145 heavy (non-hydrogen) atoms. The minimum absolute atomic E-state index is 0. The molecule has 4 aliphatic heterocycles. The van der Waals surface area contributed by atoms with Crippen LogP contribution < -0.4 is 37.9 Å². The molecular formula is C112H118Br2F4N10O17. The van der Waals surface area contributed by atoms with Crippen molar-refractivity contribution in [1.29, 1.82) is 10.5 Å². The molecule has 8 aliphatic rings. The second-order valence-electron chi connectivity index (χ2n) is 37.3. The van der Waals surface area contributed by atoms with Gasteiger partial charge >= 0.3 is 0 Å². The number of benzene rings is 8. The number of halogens is 6. The highest BCUT2D eigenvalue weighted by Crippen LogP contribution is 2.75. The summed E-state index contributed by atoms with van der Waals surface area (Å²) in [6, 6.07) is 70.8. The van der Waals surface area contributed by atoms with E-state index < -0.39 is 149 Å². The fourth-order valence-electron chi connectivity index (χ4n) is 24.1. The molecule has 0 radical (unpaired) electrons. The zero-order chi connectivity index (χ0) is 101. The van der Waals surface area contributed by atoms with Crippen LogP contribution in [0.2, 0.25) is 0 Å². The number of aromatic nitrogens is 4. The lowest BCUT2D eigenvalue weighted by Crippen LogP contribution is -2.52. The van der Waals surface area contributed by atoms with Gasteiger partial charge in [-0.3, -0.25) is 24.7 Å². The molecule has 20 atom stereocenters. The lowest BCUT2D eigenvalue weighted by molar-refractivity contribution is -0.156. The van der Waals surface area contributed by atoms with Gasteiger partial charge in [-0.15, -0.1) is 0 Å². The van der Waals surface area contributed by atoms with Crippen molar-refractivity contribution >= 4 is 37.8 Å². The third kappa shape index (κ3) is 17.0. The monoisotopic (exact) mass is 2110 g/mol. The van der Waals surface area contributed by atoms with E-state index in [2.05, 4.69) is 63.9 Å². The summed E-state index contributed by atoms with van der Waals surface area (Å²) >= 11 is 6.95. The number of aliphatic hydroxyl groups is 8. The molecule has 8 aromatic carbocycles. The normalized spacial score (nSPS) is 28.1. The highest BCUT2D eigenvalue weighted by Gasteiger charge is 2.82. The van der Waals surface area contributed by atoms with Crippen LogP contribution in [0.4, 0.5) is 17.6 Å². The molecule has 0 spiro atoms. The van der Waals surface area contributed by atoms with Gasteiger partial charge in [-0.2, -0.15) is 10.5 Å². The Morgan fingerprint density at radius 3 is 0.834 bits per heavy atom. The molecule has 33 heteroatoms. The summed E-state index contributed by atoms with van der Waals surface area (Å²) < 4.78 is 104. The summed E-state index contributed by atoms with van der Waals surface area (Å²) in [5.74, 6) is -3.15. The quantitative estimate of drug-likeness (QED) is 0.0222. The zero-order valence-electron chi connectivity index (χ0n) is 79.6. The van der Waals surface area contributed by atoms with E-state index in [9.17, 15) is 73.7 Å². The minimum atomic E-state index is -2.10. The van der Waals surface area contributed by atoms with Gasteiger partial charge in [0, 0.05) is 103 Å². The molecule has 4 aromatic heterocycles. The molecule has 8 heterocycles. The van der Waals surface area contributed by atoms with Gasteiger partial charge in [0.15, 0.2) is 44.8 Å². The van der Waals surface area contributed by atoms with Crippen molar-refractivity contribution in [2.45, 2.75) is 108 Å². The first kappa shape index (κ1) is 107. The highest BCUT2D eigenvalue weighted by molar-refractivity contribution is 9.10. The number of rotatable bonds is 27. The van der Waals surface area contributed by atoms with Crippen LogP contribution in [0.15, 0.2) is 277 Å². The first-order valence-corrected chi connectivity index (χ1v) is 48.4. The van der Waals surface area contributed by atoms with Crippen molar-refractivity contribution in [1.82, 2.24) is 39.5 Å². The summed E-state index contributed by atoms with van der Waals surface area (Å²) in [4.78, 5) is 37.3. The maximum absolute atomic E-state index is 13.8. The number of fused-ring (bicyclic) bond motifs is 12. The Labute approximate surface area is 857 Å². The van der Waals surface area contributed by atoms with Gasteiger partial charge in [-0.05, 0) is 114 Å². The second kappa shape index (κ2) is 43.2. The number of nitriles is 2. The second-order valence-corrected chi connectivity index (χ2v) is 39.2. The SMILES string of the molecule is C.C.COc1cncc2c1[C@]1(O)[C@H](O)[C@H](C(=O)N(C)CCF)[C@@H](c3ccccc3)[C@]1(c1ccc(Br)cc1)O2.COc1cncc2c1[C@]1(O)[C@H](O)[C@H](CN(C)CCF)[C@@H](c3ccccc3)[C@]1(c1ccc(Br)cc1)O2.COc1cncc2c1[C@]1(O)[C@H](O)[C@H](CN(C)CCF)[C@@H](c3ccccc3)[C@]1(c1ccc(C#N)cc1)O2.COc1cncc2c1[C@]1(O)[C@H](O)[C@H](CN(C)CCF)[C@@H](c3ccccc3)[C@]1(c1ccc(C#N)cc1)O2. The van der Waals surface area contributed by atoms with Gasteiger partial charge in [-0.25, -0.2) is 17.6 Å². The van der Waals surface area contributed by atoms with Crippen molar-refractivity contribution in [2.24, 2.45) is 23.7 Å². The number of carbonyl (C=O) groups excluding carboxylic acids is 1. The molecule has 8 N–H and O–H groups in total. The van der Waals surface area contributed by atoms with E-state index in [0.717, 1.165) is 25.6 Å². The van der Waals surface area contributed by atoms with Crippen LogP contribution in [0, 0.1) is 46.3 Å². The van der Waals surface area contributed by atoms with Gasteiger partial charge in [0.2, 0.25) is 5.91 Å². The molecule has 0 saturated heterocycles. The van der Waals surface area contributed by atoms with E-state index in [1.807, 2.05) is 179 Å². The number of pyridine rings is 4. The smallest absolute Gasteiger partial charge is 0.229 e. The molecule has 4 aliphatic carbocycles. The zero-order valence-corrected chi connectivity index (χ0v) is 82.8. The predicted molar refractivity (Wildman–Crippen MR) is 541 cm³/mol. The van der Waals surface area contributed by atoms with Crippen LogP contribution in [-0.4, -0.2) is 240 Å². The molecular weight excluding hydrogens is 1990 g/mol. The van der Waals surface area contributed by atoms with Crippen LogP contribution in [0.3, 0.4) is 0 Å². The lowest BCUT2D eigenvalue weighted by atomic mass is 9.70. The number of ether oxygens (including phenoxy) is 8. The van der Waals surface area contributed by atoms with E-state index in [1.165, 1.54) is 83.8 Å². The fourth-order valence-corrected chi connectivity index (χ4v) is 24.7. The Kier molecular flexibility index (Phi) is 31.8. The Bertz CT molecular complexity index is 6420. The minimum Gasteiger partial charge on any atom is -0.495 e. The summed E-state index contributed by atoms with van der Waals surface area (Å²) in [6.07, 6.45) is 6.53. The van der Waals surface area contributed by atoms with Gasteiger partial charge in [0.25, 0.3) is 0 Å². The summed E-state index contributed by atoms with van der Waals surface area (Å²) in [6.45, 7) is -0.839. The van der Waals surface area contributed by atoms with E-state index in [0.29, 0.717) is 110 Å². The number of methoxy groups -OCH3 is 4. The topological polar surface area (TPSA) is 365 Å². The van der Waals surface area contributed by atoms with Crippen molar-refractivity contribution in [3.8, 4) is 58.1 Å². The lowest BCUT2D eigenvalue weighted by Gasteiger charge is -2.41. The number of carbonyl (C=O) groups is 1. The van der Waals surface area contributed by atoms with Crippen molar-refractivity contribution < 1.29 is 101 Å². The van der Waals surface area contributed by atoms with Gasteiger partial charge in [0.1, 0.15) is 78.8 Å². The molecule has 4 saturated carbocycles. The van der Waals surface area contributed by atoms with Crippen LogP contribution in [-0.2, 0) is 49.6 Å². The largest absolute Gasteiger partial charge is 0.495 e. The third-order valence-electron chi connectivity index (χ3n) is 30.0. The number of hydrogen-bond donors (Lipinski definition) is 8. The van der Waals surface area contributed by atoms with E-state index in [4.69, 9.17) is 37.9 Å². The number of alkyl halides is 4. The molecule has 12 aromatic rings. The van der Waals surface area contributed by atoms with Crippen LogP contribution in [0.25, 0.3) is 0 Å². The third-order valence-corrected chi connectivity index (χ3v) is 31.1. The van der Waals surface area contributed by atoms with E-state index >= 15 is 0 Å². The Hall–Kier alpha value is -12.6. The van der Waals surface area contributed by atoms with E-state index in [-0.39, 0.29) is 58.1 Å². The van der Waals surface area contributed by atoms with Gasteiger partial charge in [0.05, 0.1) is 148 Å². The van der Waals surface area contributed by atoms with Crippen LogP contribution in [0.5, 0.6) is 46.0 Å². The first-order chi connectivity index (χ1) is 69.0. The summed E-state index contributed by atoms with van der Waals surface area (Å²) in [7, 11) is 12.8. The van der Waals surface area contributed by atoms with Crippen molar-refractivity contribution in [2.75, 3.05) is 129 Å². The van der Waals surface area contributed by atoms with Gasteiger partial charge < -0.3 is 98.3 Å². The maximum atomic E-state index is 13.8. The molecule has 1 amide bonds. The van der Waals surface area contributed by atoms with Crippen LogP contribution >= 0.6 is 31.9 Å². The number of amides is 1. The average Bonchev–Trinajstić information content (AvgIpc) is 1.51. The van der Waals surface area contributed by atoms with Crippen molar-refractivity contribution in [3.05, 3.63) is 355 Å². The Morgan fingerprint density at radius 2 is 0.593 bits per heavy atom. The fraction of sp³-hybridized carbons (Fsp3) is 0.366. The molecule has 0 bridgehead atoms. The molecule has 27 nitrogen and oxygen atoms in total.